The molecule has 0 saturated heterocycles. The maximum Gasteiger partial charge on any atom is 0.213 e. The van der Waals surface area contributed by atoms with Crippen LogP contribution >= 0.6 is 0 Å². The third kappa shape index (κ3) is 2.23. The second-order valence-corrected chi connectivity index (χ2v) is 4.63. The van der Waals surface area contributed by atoms with Gasteiger partial charge < -0.3 is 4.74 Å². The molecule has 0 aliphatic carbocycles. The number of rotatable bonds is 3. The average Bonchev–Trinajstić information content (AvgIpc) is 2.54. The van der Waals surface area contributed by atoms with E-state index in [0.717, 1.165) is 28.6 Å². The van der Waals surface area contributed by atoms with E-state index in [9.17, 15) is 0 Å². The van der Waals surface area contributed by atoms with E-state index in [1.807, 2.05) is 24.4 Å². The maximum atomic E-state index is 5.21. The van der Waals surface area contributed by atoms with Crippen molar-refractivity contribution in [2.75, 3.05) is 7.11 Å². The van der Waals surface area contributed by atoms with E-state index in [4.69, 9.17) is 4.74 Å². The van der Waals surface area contributed by atoms with Crippen LogP contribution in [0, 0.1) is 0 Å². The first-order chi connectivity index (χ1) is 9.81. The molecular formula is C17H16N2O. The molecule has 0 N–H and O–H groups in total. The predicted molar refractivity (Wildman–Crippen MR) is 80.9 cm³/mol. The van der Waals surface area contributed by atoms with Gasteiger partial charge in [-0.05, 0) is 29.7 Å². The molecular weight excluding hydrogens is 248 g/mol. The van der Waals surface area contributed by atoms with Gasteiger partial charge in [0.15, 0.2) is 0 Å². The van der Waals surface area contributed by atoms with Gasteiger partial charge in [-0.15, -0.1) is 0 Å². The Balaban J connectivity index is 2.18. The summed E-state index contributed by atoms with van der Waals surface area (Å²) in [6.07, 6.45) is 2.86. The Morgan fingerprint density at radius 3 is 2.50 bits per heavy atom. The van der Waals surface area contributed by atoms with Crippen molar-refractivity contribution in [3.05, 3.63) is 54.2 Å². The number of aryl methyl sites for hydroxylation is 1. The SMILES string of the molecule is CCc1ccc(-c2ccnc3ccc(OC)nc23)cc1. The molecule has 0 radical (unpaired) electrons. The van der Waals surface area contributed by atoms with Crippen molar-refractivity contribution in [1.29, 1.82) is 0 Å². The number of ether oxygens (including phenoxy) is 1. The Kier molecular flexibility index (Phi) is 3.33. The quantitative estimate of drug-likeness (QED) is 0.720. The van der Waals surface area contributed by atoms with Crippen LogP contribution in [0.2, 0.25) is 0 Å². The van der Waals surface area contributed by atoms with Crippen molar-refractivity contribution in [3.63, 3.8) is 0 Å². The highest BCUT2D eigenvalue weighted by Gasteiger charge is 2.07. The summed E-state index contributed by atoms with van der Waals surface area (Å²) < 4.78 is 5.21. The van der Waals surface area contributed by atoms with Crippen LogP contribution in [0.4, 0.5) is 0 Å². The van der Waals surface area contributed by atoms with Crippen molar-refractivity contribution >= 4 is 11.0 Å². The van der Waals surface area contributed by atoms with Crippen molar-refractivity contribution in [2.45, 2.75) is 13.3 Å². The molecule has 0 aliphatic heterocycles. The Labute approximate surface area is 118 Å². The van der Waals surface area contributed by atoms with Gasteiger partial charge in [0.05, 0.1) is 12.6 Å². The van der Waals surface area contributed by atoms with Gasteiger partial charge in [0.1, 0.15) is 5.52 Å². The molecule has 20 heavy (non-hydrogen) atoms. The Morgan fingerprint density at radius 2 is 1.80 bits per heavy atom. The van der Waals surface area contributed by atoms with Crippen molar-refractivity contribution < 1.29 is 4.74 Å². The van der Waals surface area contributed by atoms with Gasteiger partial charge in [-0.2, -0.15) is 0 Å². The Hall–Kier alpha value is -2.42. The summed E-state index contributed by atoms with van der Waals surface area (Å²) in [5.74, 6) is 0.608. The topological polar surface area (TPSA) is 35.0 Å². The zero-order chi connectivity index (χ0) is 13.9. The summed E-state index contributed by atoms with van der Waals surface area (Å²) in [7, 11) is 1.63. The molecule has 0 spiro atoms. The summed E-state index contributed by atoms with van der Waals surface area (Å²) in [6.45, 7) is 2.16. The van der Waals surface area contributed by atoms with Gasteiger partial charge in [0.25, 0.3) is 0 Å². The average molecular weight is 264 g/mol. The van der Waals surface area contributed by atoms with E-state index in [2.05, 4.69) is 41.2 Å². The summed E-state index contributed by atoms with van der Waals surface area (Å²) in [5, 5.41) is 0. The third-order valence-electron chi connectivity index (χ3n) is 3.44. The summed E-state index contributed by atoms with van der Waals surface area (Å²) in [4.78, 5) is 8.89. The molecule has 0 fully saturated rings. The van der Waals surface area contributed by atoms with E-state index in [-0.39, 0.29) is 0 Å². The molecule has 0 saturated carbocycles. The molecule has 1 aromatic carbocycles. The number of fused-ring (bicyclic) bond motifs is 1. The third-order valence-corrected chi connectivity index (χ3v) is 3.44. The molecule has 2 heterocycles. The Bertz CT molecular complexity index is 736. The summed E-state index contributed by atoms with van der Waals surface area (Å²) in [6, 6.07) is 14.3. The standard InChI is InChI=1S/C17H16N2O/c1-3-12-4-6-13(7-5-12)14-10-11-18-15-8-9-16(20-2)19-17(14)15/h4-11H,3H2,1-2H3. The minimum Gasteiger partial charge on any atom is -0.481 e. The highest BCUT2D eigenvalue weighted by molar-refractivity contribution is 5.91. The molecule has 0 aliphatic rings. The largest absolute Gasteiger partial charge is 0.481 e. The van der Waals surface area contributed by atoms with Crippen LogP contribution in [0.15, 0.2) is 48.7 Å². The number of aromatic nitrogens is 2. The van der Waals surface area contributed by atoms with E-state index < -0.39 is 0 Å². The van der Waals surface area contributed by atoms with Crippen LogP contribution in [-0.4, -0.2) is 17.1 Å². The second-order valence-electron chi connectivity index (χ2n) is 4.63. The van der Waals surface area contributed by atoms with Crippen LogP contribution in [0.5, 0.6) is 5.88 Å². The maximum absolute atomic E-state index is 5.21. The van der Waals surface area contributed by atoms with E-state index in [0.29, 0.717) is 5.88 Å². The lowest BCUT2D eigenvalue weighted by Gasteiger charge is -2.07. The number of hydrogen-bond donors (Lipinski definition) is 0. The van der Waals surface area contributed by atoms with Crippen LogP contribution in [-0.2, 0) is 6.42 Å². The highest BCUT2D eigenvalue weighted by atomic mass is 16.5. The molecule has 0 amide bonds. The molecule has 3 heteroatoms. The smallest absolute Gasteiger partial charge is 0.213 e. The van der Waals surface area contributed by atoms with E-state index in [1.54, 1.807) is 7.11 Å². The van der Waals surface area contributed by atoms with Crippen molar-refractivity contribution in [1.82, 2.24) is 9.97 Å². The number of methoxy groups -OCH3 is 1. The van der Waals surface area contributed by atoms with Gasteiger partial charge in [0, 0.05) is 17.8 Å². The molecule has 3 rings (SSSR count). The first-order valence-corrected chi connectivity index (χ1v) is 6.71. The lowest BCUT2D eigenvalue weighted by Crippen LogP contribution is -1.92. The van der Waals surface area contributed by atoms with Crippen molar-refractivity contribution in [3.8, 4) is 17.0 Å². The first-order valence-electron chi connectivity index (χ1n) is 6.71. The zero-order valence-electron chi connectivity index (χ0n) is 11.6. The molecule has 3 aromatic rings. The summed E-state index contributed by atoms with van der Waals surface area (Å²) in [5.41, 5.74) is 5.31. The molecule has 3 nitrogen and oxygen atoms in total. The normalized spacial score (nSPS) is 10.7. The lowest BCUT2D eigenvalue weighted by atomic mass is 10.0. The van der Waals surface area contributed by atoms with Gasteiger partial charge in [-0.25, -0.2) is 4.98 Å². The van der Waals surface area contributed by atoms with Gasteiger partial charge in [-0.1, -0.05) is 31.2 Å². The second kappa shape index (κ2) is 5.29. The Morgan fingerprint density at radius 1 is 1.00 bits per heavy atom. The molecule has 0 bridgehead atoms. The fourth-order valence-corrected chi connectivity index (χ4v) is 2.27. The fraction of sp³-hybridized carbons (Fsp3) is 0.176. The van der Waals surface area contributed by atoms with Crippen LogP contribution in [0.25, 0.3) is 22.2 Å². The molecule has 2 aromatic heterocycles. The van der Waals surface area contributed by atoms with Crippen molar-refractivity contribution in [2.24, 2.45) is 0 Å². The number of nitrogens with zero attached hydrogens (tertiary/aromatic N) is 2. The zero-order valence-corrected chi connectivity index (χ0v) is 11.6. The highest BCUT2D eigenvalue weighted by Crippen LogP contribution is 2.27. The first kappa shape index (κ1) is 12.6. The van der Waals surface area contributed by atoms with E-state index >= 15 is 0 Å². The summed E-state index contributed by atoms with van der Waals surface area (Å²) >= 11 is 0. The van der Waals surface area contributed by atoms with Gasteiger partial charge in [-0.3, -0.25) is 4.98 Å². The van der Waals surface area contributed by atoms with Crippen LogP contribution in [0.1, 0.15) is 12.5 Å². The molecule has 0 unspecified atom stereocenters. The van der Waals surface area contributed by atoms with Crippen LogP contribution < -0.4 is 4.74 Å². The molecule has 100 valence electrons. The predicted octanol–water partition coefficient (Wildman–Crippen LogP) is 3.87. The van der Waals surface area contributed by atoms with Crippen LogP contribution in [0.3, 0.4) is 0 Å². The number of hydrogen-bond acceptors (Lipinski definition) is 3. The monoisotopic (exact) mass is 264 g/mol. The van der Waals surface area contributed by atoms with Gasteiger partial charge >= 0.3 is 0 Å². The fourth-order valence-electron chi connectivity index (χ4n) is 2.27. The minimum atomic E-state index is 0.608. The van der Waals surface area contributed by atoms with E-state index in [1.165, 1.54) is 5.56 Å². The molecule has 0 atom stereocenters. The number of pyridine rings is 2. The lowest BCUT2D eigenvalue weighted by molar-refractivity contribution is 0.399. The number of benzene rings is 1. The van der Waals surface area contributed by atoms with Gasteiger partial charge in [0.2, 0.25) is 5.88 Å². The minimum absolute atomic E-state index is 0.608.